The van der Waals surface area contributed by atoms with Crippen molar-refractivity contribution >= 4 is 11.3 Å². The summed E-state index contributed by atoms with van der Waals surface area (Å²) >= 11 is 1.76. The number of nitrogens with one attached hydrogen (secondary N) is 1. The summed E-state index contributed by atoms with van der Waals surface area (Å²) in [5.41, 5.74) is 1.53. The summed E-state index contributed by atoms with van der Waals surface area (Å²) in [5.74, 6) is 0.747. The molecule has 2 unspecified atom stereocenters. The lowest BCUT2D eigenvalue weighted by Gasteiger charge is -2.46. The monoisotopic (exact) mass is 309 g/mol. The molecule has 0 bridgehead atoms. The van der Waals surface area contributed by atoms with Crippen LogP contribution in [0.2, 0.25) is 0 Å². The number of nitrogens with zero attached hydrogens (tertiary/aromatic N) is 2. The maximum atomic E-state index is 4.66. The topological polar surface area (TPSA) is 28.2 Å². The van der Waals surface area contributed by atoms with Crippen LogP contribution in [-0.2, 0) is 6.54 Å². The van der Waals surface area contributed by atoms with E-state index in [0.29, 0.717) is 17.5 Å². The number of piperazine rings is 1. The van der Waals surface area contributed by atoms with Crippen LogP contribution in [0.25, 0.3) is 0 Å². The molecule has 3 nitrogen and oxygen atoms in total. The first-order valence-electron chi connectivity index (χ1n) is 8.14. The highest BCUT2D eigenvalue weighted by atomic mass is 32.1. The van der Waals surface area contributed by atoms with Gasteiger partial charge in [0.2, 0.25) is 0 Å². The predicted octanol–water partition coefficient (Wildman–Crippen LogP) is 3.69. The number of aryl methyl sites for hydroxylation is 1. The third kappa shape index (κ3) is 4.76. The van der Waals surface area contributed by atoms with Gasteiger partial charge in [-0.2, -0.15) is 0 Å². The average molecular weight is 310 g/mol. The lowest BCUT2D eigenvalue weighted by atomic mass is 9.83. The Balaban J connectivity index is 2.09. The van der Waals surface area contributed by atoms with Crippen LogP contribution in [0.3, 0.4) is 0 Å². The van der Waals surface area contributed by atoms with Crippen LogP contribution in [-0.4, -0.2) is 35.1 Å². The minimum atomic E-state index is 0.293. The quantitative estimate of drug-likeness (QED) is 0.919. The average Bonchev–Trinajstić information content (AvgIpc) is 2.72. The molecule has 1 fully saturated rings. The Morgan fingerprint density at radius 2 is 2.14 bits per heavy atom. The standard InChI is InChI=1S/C17H31N3S/c1-12(2)7-14-9-20(10-15-11-21-13(3)19-15)16(8-18-14)17(4,5)6/h11-12,14,16,18H,7-10H2,1-6H3. The van der Waals surface area contributed by atoms with Gasteiger partial charge >= 0.3 is 0 Å². The van der Waals surface area contributed by atoms with Crippen molar-refractivity contribution in [2.45, 2.75) is 66.6 Å². The van der Waals surface area contributed by atoms with Gasteiger partial charge in [-0.3, -0.25) is 4.90 Å². The molecule has 2 heterocycles. The molecule has 1 aliphatic heterocycles. The van der Waals surface area contributed by atoms with Crippen LogP contribution in [0.15, 0.2) is 5.38 Å². The summed E-state index contributed by atoms with van der Waals surface area (Å²) in [5, 5.41) is 7.16. The number of thiazole rings is 1. The fourth-order valence-corrected chi connectivity index (χ4v) is 3.93. The molecular formula is C17H31N3S. The van der Waals surface area contributed by atoms with Gasteiger partial charge in [-0.25, -0.2) is 4.98 Å². The van der Waals surface area contributed by atoms with Crippen molar-refractivity contribution in [3.63, 3.8) is 0 Å². The minimum Gasteiger partial charge on any atom is -0.311 e. The van der Waals surface area contributed by atoms with Crippen molar-refractivity contribution in [1.82, 2.24) is 15.2 Å². The highest BCUT2D eigenvalue weighted by Gasteiger charge is 2.35. The second kappa shape index (κ2) is 6.76. The Bertz CT molecular complexity index is 447. The van der Waals surface area contributed by atoms with Crippen LogP contribution in [0, 0.1) is 18.3 Å². The molecular weight excluding hydrogens is 278 g/mol. The zero-order valence-electron chi connectivity index (χ0n) is 14.4. The lowest BCUT2D eigenvalue weighted by molar-refractivity contribution is 0.0444. The molecule has 0 spiro atoms. The molecule has 1 aromatic heterocycles. The molecule has 21 heavy (non-hydrogen) atoms. The van der Waals surface area contributed by atoms with Crippen molar-refractivity contribution in [3.8, 4) is 0 Å². The summed E-state index contributed by atoms with van der Waals surface area (Å²) in [7, 11) is 0. The number of hydrogen-bond acceptors (Lipinski definition) is 4. The minimum absolute atomic E-state index is 0.293. The molecule has 0 amide bonds. The van der Waals surface area contributed by atoms with E-state index in [-0.39, 0.29) is 0 Å². The molecule has 0 radical (unpaired) electrons. The Kier molecular flexibility index (Phi) is 5.44. The summed E-state index contributed by atoms with van der Waals surface area (Å²) in [6.45, 7) is 17.0. The maximum Gasteiger partial charge on any atom is 0.0897 e. The van der Waals surface area contributed by atoms with Gasteiger partial charge < -0.3 is 5.32 Å². The molecule has 4 heteroatoms. The highest BCUT2D eigenvalue weighted by molar-refractivity contribution is 7.09. The molecule has 1 aromatic rings. The molecule has 1 N–H and O–H groups in total. The van der Waals surface area contributed by atoms with E-state index in [1.165, 1.54) is 17.1 Å². The van der Waals surface area contributed by atoms with E-state index in [2.05, 4.69) is 62.1 Å². The van der Waals surface area contributed by atoms with Crippen LogP contribution in [0.5, 0.6) is 0 Å². The Morgan fingerprint density at radius 3 is 2.67 bits per heavy atom. The van der Waals surface area contributed by atoms with Gasteiger partial charge in [0.25, 0.3) is 0 Å². The lowest BCUT2D eigenvalue weighted by Crippen LogP contribution is -2.60. The molecule has 1 aliphatic rings. The van der Waals surface area contributed by atoms with Crippen molar-refractivity contribution in [1.29, 1.82) is 0 Å². The van der Waals surface area contributed by atoms with Crippen LogP contribution in [0.1, 0.15) is 51.7 Å². The number of hydrogen-bond donors (Lipinski definition) is 1. The van der Waals surface area contributed by atoms with Gasteiger partial charge in [0.05, 0.1) is 10.7 Å². The van der Waals surface area contributed by atoms with E-state index in [1.54, 1.807) is 11.3 Å². The number of aromatic nitrogens is 1. The second-order valence-electron chi connectivity index (χ2n) is 7.90. The Morgan fingerprint density at radius 1 is 1.43 bits per heavy atom. The second-order valence-corrected chi connectivity index (χ2v) is 8.97. The fourth-order valence-electron chi connectivity index (χ4n) is 3.33. The van der Waals surface area contributed by atoms with E-state index < -0.39 is 0 Å². The van der Waals surface area contributed by atoms with E-state index >= 15 is 0 Å². The van der Waals surface area contributed by atoms with Crippen molar-refractivity contribution < 1.29 is 0 Å². The van der Waals surface area contributed by atoms with Crippen LogP contribution < -0.4 is 5.32 Å². The first kappa shape index (κ1) is 16.9. The largest absolute Gasteiger partial charge is 0.311 e. The number of rotatable bonds is 4. The SMILES string of the molecule is Cc1nc(CN2CC(CC(C)C)NCC2C(C)(C)C)cs1. The summed E-state index contributed by atoms with van der Waals surface area (Å²) in [6, 6.07) is 1.19. The van der Waals surface area contributed by atoms with Gasteiger partial charge in [0, 0.05) is 37.1 Å². The molecule has 0 aliphatic carbocycles. The van der Waals surface area contributed by atoms with E-state index in [1.807, 2.05) is 0 Å². The van der Waals surface area contributed by atoms with Crippen LogP contribution >= 0.6 is 11.3 Å². The first-order valence-corrected chi connectivity index (χ1v) is 9.02. The molecule has 2 atom stereocenters. The Hall–Kier alpha value is -0.450. The smallest absolute Gasteiger partial charge is 0.0897 e. The normalized spacial score (nSPS) is 24.7. The predicted molar refractivity (Wildman–Crippen MR) is 91.7 cm³/mol. The summed E-state index contributed by atoms with van der Waals surface area (Å²) in [4.78, 5) is 7.31. The third-order valence-corrected chi connectivity index (χ3v) is 5.11. The van der Waals surface area contributed by atoms with Gasteiger partial charge in [-0.1, -0.05) is 34.6 Å². The van der Waals surface area contributed by atoms with Crippen molar-refractivity contribution in [2.75, 3.05) is 13.1 Å². The molecule has 1 saturated heterocycles. The van der Waals surface area contributed by atoms with Gasteiger partial charge in [-0.15, -0.1) is 11.3 Å². The highest BCUT2D eigenvalue weighted by Crippen LogP contribution is 2.29. The Labute approximate surface area is 134 Å². The van der Waals surface area contributed by atoms with E-state index in [0.717, 1.165) is 25.6 Å². The van der Waals surface area contributed by atoms with Crippen molar-refractivity contribution in [2.24, 2.45) is 11.3 Å². The maximum absolute atomic E-state index is 4.66. The molecule has 0 saturated carbocycles. The van der Waals surface area contributed by atoms with Gasteiger partial charge in [-0.05, 0) is 24.7 Å². The zero-order chi connectivity index (χ0) is 15.6. The van der Waals surface area contributed by atoms with Crippen molar-refractivity contribution in [3.05, 3.63) is 16.1 Å². The van der Waals surface area contributed by atoms with Crippen LogP contribution in [0.4, 0.5) is 0 Å². The van der Waals surface area contributed by atoms with E-state index in [9.17, 15) is 0 Å². The van der Waals surface area contributed by atoms with Gasteiger partial charge in [0.1, 0.15) is 0 Å². The molecule has 0 aromatic carbocycles. The molecule has 2 rings (SSSR count). The molecule has 120 valence electrons. The third-order valence-electron chi connectivity index (χ3n) is 4.28. The van der Waals surface area contributed by atoms with E-state index in [4.69, 9.17) is 0 Å². The first-order chi connectivity index (χ1) is 9.75. The summed E-state index contributed by atoms with van der Waals surface area (Å²) in [6.07, 6.45) is 1.25. The zero-order valence-corrected chi connectivity index (χ0v) is 15.3. The fraction of sp³-hybridized carbons (Fsp3) is 0.824. The van der Waals surface area contributed by atoms with Gasteiger partial charge in [0.15, 0.2) is 0 Å². The summed E-state index contributed by atoms with van der Waals surface area (Å²) < 4.78 is 0.